The van der Waals surface area contributed by atoms with Crippen molar-refractivity contribution in [2.75, 3.05) is 20.1 Å². The van der Waals surface area contributed by atoms with Crippen molar-refractivity contribution in [2.24, 2.45) is 0 Å². The Kier molecular flexibility index (Phi) is 5.69. The molecule has 0 unspecified atom stereocenters. The SMILES string of the molecule is CN(CCCN1C(=O)c2ccccc2C1=O)Cc1ccc(OC(F)(F)F)cc1. The van der Waals surface area contributed by atoms with Crippen LogP contribution >= 0.6 is 0 Å². The number of carbonyl (C=O) groups excluding carboxylic acids is 2. The van der Waals surface area contributed by atoms with Gasteiger partial charge in [0.25, 0.3) is 11.8 Å². The van der Waals surface area contributed by atoms with Crippen LogP contribution in [0.4, 0.5) is 13.2 Å². The van der Waals surface area contributed by atoms with Crippen LogP contribution in [0.1, 0.15) is 32.7 Å². The van der Waals surface area contributed by atoms with Crippen molar-refractivity contribution in [3.63, 3.8) is 0 Å². The van der Waals surface area contributed by atoms with E-state index in [0.717, 1.165) is 5.56 Å². The molecule has 0 spiro atoms. The van der Waals surface area contributed by atoms with Crippen LogP contribution in [0.3, 0.4) is 0 Å². The average Bonchev–Trinajstić information content (AvgIpc) is 2.87. The highest BCUT2D eigenvalue weighted by atomic mass is 19.4. The van der Waals surface area contributed by atoms with Gasteiger partial charge in [0.15, 0.2) is 0 Å². The maximum Gasteiger partial charge on any atom is 0.573 e. The van der Waals surface area contributed by atoms with Crippen LogP contribution < -0.4 is 4.74 Å². The van der Waals surface area contributed by atoms with Gasteiger partial charge >= 0.3 is 6.36 Å². The molecule has 0 aliphatic carbocycles. The van der Waals surface area contributed by atoms with E-state index in [1.807, 2.05) is 11.9 Å². The Bertz CT molecular complexity index is 831. The number of hydrogen-bond acceptors (Lipinski definition) is 4. The normalized spacial score (nSPS) is 14.0. The number of fused-ring (bicyclic) bond motifs is 1. The monoisotopic (exact) mass is 392 g/mol. The maximum atomic E-state index is 12.3. The van der Waals surface area contributed by atoms with E-state index in [4.69, 9.17) is 0 Å². The van der Waals surface area contributed by atoms with Crippen molar-refractivity contribution in [2.45, 2.75) is 19.3 Å². The van der Waals surface area contributed by atoms with Gasteiger partial charge in [0.05, 0.1) is 11.1 Å². The second kappa shape index (κ2) is 8.02. The van der Waals surface area contributed by atoms with Crippen LogP contribution in [0.15, 0.2) is 48.5 Å². The molecule has 2 amide bonds. The third kappa shape index (κ3) is 4.69. The molecule has 148 valence electrons. The summed E-state index contributed by atoms with van der Waals surface area (Å²) in [6.07, 6.45) is -4.11. The van der Waals surface area contributed by atoms with Gasteiger partial charge in [-0.15, -0.1) is 13.2 Å². The first kappa shape index (κ1) is 19.9. The standard InChI is InChI=1S/C20H19F3N2O3/c1-24(13-14-7-9-15(10-8-14)28-20(21,22)23)11-4-12-25-18(26)16-5-2-3-6-17(16)19(25)27/h2-3,5-10H,4,11-13H2,1H3. The van der Waals surface area contributed by atoms with E-state index in [2.05, 4.69) is 4.74 Å². The number of rotatable bonds is 7. The number of amides is 2. The van der Waals surface area contributed by atoms with Crippen molar-refractivity contribution >= 4 is 11.8 Å². The van der Waals surface area contributed by atoms with Gasteiger partial charge in [-0.2, -0.15) is 0 Å². The Hall–Kier alpha value is -2.87. The van der Waals surface area contributed by atoms with Gasteiger partial charge in [-0.05, 0) is 49.8 Å². The number of benzene rings is 2. The zero-order valence-electron chi connectivity index (χ0n) is 15.2. The fourth-order valence-electron chi connectivity index (χ4n) is 3.13. The van der Waals surface area contributed by atoms with Crippen LogP contribution in [-0.4, -0.2) is 48.1 Å². The second-order valence-electron chi connectivity index (χ2n) is 6.59. The molecule has 0 fully saturated rings. The minimum Gasteiger partial charge on any atom is -0.406 e. The maximum absolute atomic E-state index is 12.3. The van der Waals surface area contributed by atoms with Crippen LogP contribution in [0.2, 0.25) is 0 Å². The topological polar surface area (TPSA) is 49.9 Å². The number of halogens is 3. The summed E-state index contributed by atoms with van der Waals surface area (Å²) in [6.45, 7) is 1.46. The van der Waals surface area contributed by atoms with Gasteiger partial charge < -0.3 is 9.64 Å². The fourth-order valence-corrected chi connectivity index (χ4v) is 3.13. The summed E-state index contributed by atoms with van der Waals surface area (Å²) in [5, 5.41) is 0. The molecule has 0 aromatic heterocycles. The third-order valence-electron chi connectivity index (χ3n) is 4.41. The lowest BCUT2D eigenvalue weighted by molar-refractivity contribution is -0.274. The molecule has 1 aliphatic heterocycles. The molecule has 2 aromatic rings. The van der Waals surface area contributed by atoms with Crippen LogP contribution in [0.25, 0.3) is 0 Å². The third-order valence-corrected chi connectivity index (χ3v) is 4.41. The van der Waals surface area contributed by atoms with Crippen LogP contribution in [0, 0.1) is 0 Å². The Labute approximate surface area is 160 Å². The lowest BCUT2D eigenvalue weighted by atomic mass is 10.1. The quantitative estimate of drug-likeness (QED) is 0.675. The molecule has 0 saturated carbocycles. The highest BCUT2D eigenvalue weighted by Crippen LogP contribution is 2.24. The lowest BCUT2D eigenvalue weighted by Crippen LogP contribution is -2.32. The number of alkyl halides is 3. The molecule has 5 nitrogen and oxygen atoms in total. The van der Waals surface area contributed by atoms with Crippen molar-refractivity contribution in [1.29, 1.82) is 0 Å². The first-order valence-corrected chi connectivity index (χ1v) is 8.73. The fraction of sp³-hybridized carbons (Fsp3) is 0.300. The van der Waals surface area contributed by atoms with Gasteiger partial charge in [-0.3, -0.25) is 14.5 Å². The van der Waals surface area contributed by atoms with E-state index < -0.39 is 6.36 Å². The summed E-state index contributed by atoms with van der Waals surface area (Å²) in [7, 11) is 1.86. The van der Waals surface area contributed by atoms with Crippen molar-refractivity contribution in [3.05, 3.63) is 65.2 Å². The summed E-state index contributed by atoms with van der Waals surface area (Å²) in [5.41, 5.74) is 1.70. The van der Waals surface area contributed by atoms with Crippen molar-refractivity contribution < 1.29 is 27.5 Å². The van der Waals surface area contributed by atoms with E-state index >= 15 is 0 Å². The van der Waals surface area contributed by atoms with E-state index in [1.165, 1.54) is 17.0 Å². The predicted octanol–water partition coefficient (Wildman–Crippen LogP) is 3.70. The Morgan fingerprint density at radius 1 is 0.964 bits per heavy atom. The van der Waals surface area contributed by atoms with Gasteiger partial charge in [-0.1, -0.05) is 24.3 Å². The molecule has 0 N–H and O–H groups in total. The molecular weight excluding hydrogens is 373 g/mol. The molecule has 0 radical (unpaired) electrons. The smallest absolute Gasteiger partial charge is 0.406 e. The lowest BCUT2D eigenvalue weighted by Gasteiger charge is -2.19. The van der Waals surface area contributed by atoms with Gasteiger partial charge in [0, 0.05) is 13.1 Å². The molecule has 2 aromatic carbocycles. The summed E-state index contributed by atoms with van der Waals surface area (Å²) in [6, 6.07) is 12.4. The van der Waals surface area contributed by atoms with Gasteiger partial charge in [0.2, 0.25) is 0 Å². The molecule has 1 aliphatic rings. The number of nitrogens with zero attached hydrogens (tertiary/aromatic N) is 2. The van der Waals surface area contributed by atoms with E-state index in [0.29, 0.717) is 37.2 Å². The van der Waals surface area contributed by atoms with Gasteiger partial charge in [-0.25, -0.2) is 0 Å². The van der Waals surface area contributed by atoms with Crippen LogP contribution in [-0.2, 0) is 6.54 Å². The minimum atomic E-state index is -4.71. The molecule has 0 bridgehead atoms. The zero-order valence-corrected chi connectivity index (χ0v) is 15.2. The number of ether oxygens (including phenoxy) is 1. The van der Waals surface area contributed by atoms with Crippen molar-refractivity contribution in [3.8, 4) is 5.75 Å². The van der Waals surface area contributed by atoms with Gasteiger partial charge in [0.1, 0.15) is 5.75 Å². The molecule has 0 saturated heterocycles. The minimum absolute atomic E-state index is 0.260. The van der Waals surface area contributed by atoms with E-state index in [1.54, 1.807) is 36.4 Å². The number of carbonyl (C=O) groups is 2. The Balaban J connectivity index is 1.47. The highest BCUT2D eigenvalue weighted by molar-refractivity contribution is 6.21. The first-order chi connectivity index (χ1) is 13.2. The summed E-state index contributed by atoms with van der Waals surface area (Å²) in [5.74, 6) is -0.809. The Morgan fingerprint density at radius 3 is 2.07 bits per heavy atom. The summed E-state index contributed by atoms with van der Waals surface area (Å²) in [4.78, 5) is 27.8. The molecule has 3 rings (SSSR count). The molecule has 28 heavy (non-hydrogen) atoms. The largest absolute Gasteiger partial charge is 0.573 e. The molecular formula is C20H19F3N2O3. The zero-order chi connectivity index (χ0) is 20.3. The summed E-state index contributed by atoms with van der Waals surface area (Å²) < 4.78 is 40.4. The summed E-state index contributed by atoms with van der Waals surface area (Å²) >= 11 is 0. The molecule has 0 atom stereocenters. The Morgan fingerprint density at radius 2 is 1.54 bits per heavy atom. The second-order valence-corrected chi connectivity index (χ2v) is 6.59. The van der Waals surface area contributed by atoms with E-state index in [-0.39, 0.29) is 17.6 Å². The number of hydrogen-bond donors (Lipinski definition) is 0. The number of imide groups is 1. The highest BCUT2D eigenvalue weighted by Gasteiger charge is 2.34. The van der Waals surface area contributed by atoms with Crippen molar-refractivity contribution in [1.82, 2.24) is 9.80 Å². The van der Waals surface area contributed by atoms with Crippen LogP contribution in [0.5, 0.6) is 5.75 Å². The van der Waals surface area contributed by atoms with E-state index in [9.17, 15) is 22.8 Å². The average molecular weight is 392 g/mol. The first-order valence-electron chi connectivity index (χ1n) is 8.73. The molecule has 8 heteroatoms. The predicted molar refractivity (Wildman–Crippen MR) is 95.9 cm³/mol. The molecule has 1 heterocycles.